The number of benzene rings is 1. The van der Waals surface area contributed by atoms with Crippen LogP contribution in [-0.4, -0.2) is 20.8 Å². The lowest BCUT2D eigenvalue weighted by Crippen LogP contribution is -2.28. The normalized spacial score (nSPS) is 10.7. The Morgan fingerprint density at radius 3 is 2.50 bits per heavy atom. The highest BCUT2D eigenvalue weighted by Crippen LogP contribution is 2.28. The zero-order valence-electron chi connectivity index (χ0n) is 14.7. The minimum absolute atomic E-state index is 0.236. The number of carbonyl (C=O) groups excluding carboxylic acids is 1. The Morgan fingerprint density at radius 1 is 1.12 bits per heavy atom. The Labute approximate surface area is 157 Å². The summed E-state index contributed by atoms with van der Waals surface area (Å²) >= 11 is 1.64. The van der Waals surface area contributed by atoms with Gasteiger partial charge in [-0.2, -0.15) is 5.10 Å². The van der Waals surface area contributed by atoms with E-state index in [1.165, 1.54) is 0 Å². The van der Waals surface area contributed by atoms with Gasteiger partial charge in [0.2, 0.25) is 0 Å². The molecule has 2 aromatic heterocycles. The van der Waals surface area contributed by atoms with Crippen LogP contribution in [0.1, 0.15) is 25.5 Å². The van der Waals surface area contributed by atoms with Crippen LogP contribution in [0, 0.1) is 0 Å². The molecular weight excluding hydrogens is 346 g/mol. The van der Waals surface area contributed by atoms with Gasteiger partial charge in [0, 0.05) is 41.8 Å². The molecule has 0 fully saturated rings. The van der Waals surface area contributed by atoms with Crippen molar-refractivity contribution in [3.05, 3.63) is 66.7 Å². The first-order chi connectivity index (χ1) is 12.6. The van der Waals surface area contributed by atoms with Gasteiger partial charge in [0.05, 0.1) is 11.1 Å². The van der Waals surface area contributed by atoms with Crippen LogP contribution in [0.25, 0.3) is 0 Å². The average Bonchev–Trinajstić information content (AvgIpc) is 3.11. The molecule has 0 atom stereocenters. The summed E-state index contributed by atoms with van der Waals surface area (Å²) in [5.74, 6) is 0. The second-order valence-electron chi connectivity index (χ2n) is 6.04. The molecule has 2 heterocycles. The molecular formula is C19H21N5OS. The van der Waals surface area contributed by atoms with E-state index in [4.69, 9.17) is 0 Å². The molecule has 2 N–H and O–H groups in total. The summed E-state index contributed by atoms with van der Waals surface area (Å²) in [6.07, 6.45) is 7.31. The Bertz CT molecular complexity index is 846. The van der Waals surface area contributed by atoms with Gasteiger partial charge in [-0.05, 0) is 55.8 Å². The van der Waals surface area contributed by atoms with Gasteiger partial charge in [-0.15, -0.1) is 0 Å². The molecule has 0 radical (unpaired) electrons. The van der Waals surface area contributed by atoms with Crippen molar-refractivity contribution >= 4 is 23.5 Å². The third-order valence-electron chi connectivity index (χ3n) is 3.66. The van der Waals surface area contributed by atoms with Crippen molar-refractivity contribution in [3.8, 4) is 0 Å². The van der Waals surface area contributed by atoms with E-state index in [1.807, 2.05) is 53.5 Å². The molecule has 6 nitrogen and oxygen atoms in total. The van der Waals surface area contributed by atoms with Crippen molar-refractivity contribution < 1.29 is 4.79 Å². The van der Waals surface area contributed by atoms with Gasteiger partial charge in [-0.3, -0.25) is 9.67 Å². The lowest BCUT2D eigenvalue weighted by molar-refractivity contribution is 0.251. The zero-order chi connectivity index (χ0) is 18.4. The molecule has 26 heavy (non-hydrogen) atoms. The minimum atomic E-state index is -0.236. The monoisotopic (exact) mass is 367 g/mol. The highest BCUT2D eigenvalue weighted by molar-refractivity contribution is 7.99. The minimum Gasteiger partial charge on any atom is -0.334 e. The van der Waals surface area contributed by atoms with Crippen LogP contribution < -0.4 is 10.6 Å². The van der Waals surface area contributed by atoms with E-state index >= 15 is 0 Å². The summed E-state index contributed by atoms with van der Waals surface area (Å²) in [5.41, 5.74) is 1.75. The highest BCUT2D eigenvalue weighted by Gasteiger charge is 2.05. The van der Waals surface area contributed by atoms with Crippen molar-refractivity contribution in [2.24, 2.45) is 0 Å². The summed E-state index contributed by atoms with van der Waals surface area (Å²) in [4.78, 5) is 18.1. The van der Waals surface area contributed by atoms with E-state index in [-0.39, 0.29) is 6.03 Å². The molecule has 1 aromatic carbocycles. The lowest BCUT2D eigenvalue weighted by Gasteiger charge is -2.08. The van der Waals surface area contributed by atoms with Crippen LogP contribution in [0.3, 0.4) is 0 Å². The van der Waals surface area contributed by atoms with Gasteiger partial charge >= 0.3 is 6.03 Å². The fourth-order valence-electron chi connectivity index (χ4n) is 2.26. The maximum Gasteiger partial charge on any atom is 0.319 e. The third kappa shape index (κ3) is 5.10. The molecule has 0 bridgehead atoms. The molecule has 0 saturated carbocycles. The summed E-state index contributed by atoms with van der Waals surface area (Å²) in [7, 11) is 0. The third-order valence-corrected chi connectivity index (χ3v) is 4.61. The van der Waals surface area contributed by atoms with E-state index < -0.39 is 0 Å². The van der Waals surface area contributed by atoms with Crippen LogP contribution in [0.2, 0.25) is 0 Å². The van der Waals surface area contributed by atoms with Crippen LogP contribution in [-0.2, 0) is 6.54 Å². The molecule has 0 aliphatic carbocycles. The predicted molar refractivity (Wildman–Crippen MR) is 103 cm³/mol. The fourth-order valence-corrected chi connectivity index (χ4v) is 3.06. The second kappa shape index (κ2) is 8.53. The number of urea groups is 1. The molecule has 0 aliphatic rings. The predicted octanol–water partition coefficient (Wildman–Crippen LogP) is 4.33. The molecule has 3 rings (SSSR count). The van der Waals surface area contributed by atoms with E-state index in [0.717, 1.165) is 21.0 Å². The van der Waals surface area contributed by atoms with Crippen LogP contribution in [0.5, 0.6) is 0 Å². The number of pyridine rings is 1. The Morgan fingerprint density at radius 2 is 1.85 bits per heavy atom. The van der Waals surface area contributed by atoms with Gasteiger partial charge < -0.3 is 10.6 Å². The van der Waals surface area contributed by atoms with Crippen LogP contribution in [0.15, 0.2) is 71.0 Å². The van der Waals surface area contributed by atoms with Gasteiger partial charge in [-0.1, -0.05) is 11.8 Å². The summed E-state index contributed by atoms with van der Waals surface area (Å²) in [6, 6.07) is 11.6. The number of carbonyl (C=O) groups is 1. The first-order valence-corrected chi connectivity index (χ1v) is 9.17. The van der Waals surface area contributed by atoms with Gasteiger partial charge in [0.15, 0.2) is 0 Å². The van der Waals surface area contributed by atoms with Crippen molar-refractivity contribution in [2.45, 2.75) is 36.2 Å². The quantitative estimate of drug-likeness (QED) is 0.680. The van der Waals surface area contributed by atoms with Crippen molar-refractivity contribution in [3.63, 3.8) is 0 Å². The standard InChI is InChI=1S/C19H21N5OS/c1-14(2)24-13-18(12-22-24)26-17-5-3-16(4-6-17)23-19(25)21-11-15-7-9-20-10-8-15/h3-10,12-14H,11H2,1-2H3,(H2,21,23,25). The zero-order valence-corrected chi connectivity index (χ0v) is 15.5. The van der Waals surface area contributed by atoms with E-state index in [9.17, 15) is 4.79 Å². The first kappa shape index (κ1) is 18.0. The number of hydrogen-bond donors (Lipinski definition) is 2. The van der Waals surface area contributed by atoms with E-state index in [2.05, 4.69) is 34.6 Å². The highest BCUT2D eigenvalue weighted by atomic mass is 32.2. The maximum atomic E-state index is 12.0. The number of anilines is 1. The number of nitrogens with zero attached hydrogens (tertiary/aromatic N) is 3. The number of amides is 2. The molecule has 0 spiro atoms. The van der Waals surface area contributed by atoms with Gasteiger partial charge in [-0.25, -0.2) is 4.79 Å². The van der Waals surface area contributed by atoms with Gasteiger partial charge in [0.25, 0.3) is 0 Å². The summed E-state index contributed by atoms with van der Waals surface area (Å²) < 4.78 is 1.94. The Kier molecular flexibility index (Phi) is 5.91. The molecule has 2 amide bonds. The molecule has 0 aliphatic heterocycles. The SMILES string of the molecule is CC(C)n1cc(Sc2ccc(NC(=O)NCc3ccncc3)cc2)cn1. The average molecular weight is 367 g/mol. The lowest BCUT2D eigenvalue weighted by atomic mass is 10.3. The molecule has 134 valence electrons. The molecule has 0 saturated heterocycles. The van der Waals surface area contributed by atoms with Crippen molar-refractivity contribution in [2.75, 3.05) is 5.32 Å². The molecule has 0 unspecified atom stereocenters. The number of rotatable bonds is 6. The van der Waals surface area contributed by atoms with Gasteiger partial charge in [0.1, 0.15) is 0 Å². The van der Waals surface area contributed by atoms with E-state index in [1.54, 1.807) is 24.2 Å². The Hall–Kier alpha value is -2.80. The first-order valence-electron chi connectivity index (χ1n) is 8.36. The second-order valence-corrected chi connectivity index (χ2v) is 7.19. The Balaban J connectivity index is 1.51. The van der Waals surface area contributed by atoms with Crippen LogP contribution >= 0.6 is 11.8 Å². The van der Waals surface area contributed by atoms with E-state index in [0.29, 0.717) is 12.6 Å². The van der Waals surface area contributed by atoms with Crippen molar-refractivity contribution in [1.29, 1.82) is 0 Å². The summed E-state index contributed by atoms with van der Waals surface area (Å²) in [6.45, 7) is 4.66. The molecule has 3 aromatic rings. The number of hydrogen-bond acceptors (Lipinski definition) is 4. The van der Waals surface area contributed by atoms with Crippen molar-refractivity contribution in [1.82, 2.24) is 20.1 Å². The molecule has 7 heteroatoms. The summed E-state index contributed by atoms with van der Waals surface area (Å²) in [5, 5.41) is 9.99. The topological polar surface area (TPSA) is 71.8 Å². The largest absolute Gasteiger partial charge is 0.334 e. The number of aromatic nitrogens is 3. The number of nitrogens with one attached hydrogen (secondary N) is 2. The smallest absolute Gasteiger partial charge is 0.319 e. The van der Waals surface area contributed by atoms with Crippen LogP contribution in [0.4, 0.5) is 10.5 Å². The fraction of sp³-hybridized carbons (Fsp3) is 0.211. The maximum absolute atomic E-state index is 12.0.